The summed E-state index contributed by atoms with van der Waals surface area (Å²) in [6.07, 6.45) is 2.26. The fourth-order valence-corrected chi connectivity index (χ4v) is 2.24. The van der Waals surface area contributed by atoms with Gasteiger partial charge in [0, 0.05) is 11.6 Å². The zero-order valence-electron chi connectivity index (χ0n) is 15.2. The Morgan fingerprint density at radius 2 is 2.00 bits per heavy atom. The lowest BCUT2D eigenvalue weighted by atomic mass is 10.1. The SMILES string of the molecule is CCCOc1ccc(/C=N\NC(=O)Cc2ccc(OC)cc2)cc1[N+](=O)[O-]. The highest BCUT2D eigenvalue weighted by molar-refractivity contribution is 5.84. The summed E-state index contributed by atoms with van der Waals surface area (Å²) in [6.45, 7) is 2.32. The number of hydrogen-bond donors (Lipinski definition) is 1. The Kier molecular flexibility index (Phi) is 7.30. The first-order valence-electron chi connectivity index (χ1n) is 8.39. The number of nitro benzene ring substituents is 1. The Hall–Kier alpha value is -3.42. The molecule has 2 rings (SSSR count). The predicted octanol–water partition coefficient (Wildman–Crippen LogP) is 3.09. The maximum Gasteiger partial charge on any atom is 0.311 e. The molecule has 1 N–H and O–H groups in total. The molecule has 142 valence electrons. The Labute approximate surface area is 157 Å². The van der Waals surface area contributed by atoms with Gasteiger partial charge < -0.3 is 9.47 Å². The number of carbonyl (C=O) groups is 1. The smallest absolute Gasteiger partial charge is 0.311 e. The molecule has 8 heteroatoms. The molecule has 0 heterocycles. The number of nitrogens with zero attached hydrogens (tertiary/aromatic N) is 2. The van der Waals surface area contributed by atoms with E-state index in [1.165, 1.54) is 18.3 Å². The maximum absolute atomic E-state index is 11.9. The minimum atomic E-state index is -0.509. The van der Waals surface area contributed by atoms with Crippen LogP contribution >= 0.6 is 0 Å². The Morgan fingerprint density at radius 3 is 2.63 bits per heavy atom. The third kappa shape index (κ3) is 6.10. The molecule has 1 amide bonds. The number of nitro groups is 1. The molecule has 0 fully saturated rings. The normalized spacial score (nSPS) is 10.6. The number of rotatable bonds is 9. The van der Waals surface area contributed by atoms with Crippen LogP contribution in [0.1, 0.15) is 24.5 Å². The van der Waals surface area contributed by atoms with Gasteiger partial charge in [-0.1, -0.05) is 19.1 Å². The van der Waals surface area contributed by atoms with Crippen molar-refractivity contribution >= 4 is 17.8 Å². The van der Waals surface area contributed by atoms with E-state index >= 15 is 0 Å². The molecule has 0 aliphatic heterocycles. The van der Waals surface area contributed by atoms with Crippen molar-refractivity contribution in [1.29, 1.82) is 0 Å². The van der Waals surface area contributed by atoms with E-state index in [-0.39, 0.29) is 23.8 Å². The van der Waals surface area contributed by atoms with Crippen LogP contribution < -0.4 is 14.9 Å². The molecule has 0 atom stereocenters. The Balaban J connectivity index is 1.97. The van der Waals surface area contributed by atoms with Crippen LogP contribution in [0.25, 0.3) is 0 Å². The van der Waals surface area contributed by atoms with E-state index in [4.69, 9.17) is 9.47 Å². The summed E-state index contributed by atoms with van der Waals surface area (Å²) in [5.74, 6) is 0.626. The van der Waals surface area contributed by atoms with Crippen LogP contribution in [0, 0.1) is 10.1 Å². The van der Waals surface area contributed by atoms with Crippen molar-refractivity contribution < 1.29 is 19.2 Å². The van der Waals surface area contributed by atoms with Crippen LogP contribution in [0.5, 0.6) is 11.5 Å². The van der Waals surface area contributed by atoms with Gasteiger partial charge in [-0.15, -0.1) is 0 Å². The van der Waals surface area contributed by atoms with Crippen molar-refractivity contribution in [1.82, 2.24) is 5.43 Å². The van der Waals surface area contributed by atoms with Gasteiger partial charge in [0.2, 0.25) is 5.91 Å². The van der Waals surface area contributed by atoms with Crippen LogP contribution in [0.2, 0.25) is 0 Å². The van der Waals surface area contributed by atoms with Gasteiger partial charge in [-0.05, 0) is 36.2 Å². The van der Waals surface area contributed by atoms with E-state index in [1.54, 1.807) is 37.4 Å². The second kappa shape index (κ2) is 9.91. The van der Waals surface area contributed by atoms with Crippen LogP contribution in [0.4, 0.5) is 5.69 Å². The molecule has 8 nitrogen and oxygen atoms in total. The summed E-state index contributed by atoms with van der Waals surface area (Å²) >= 11 is 0. The topological polar surface area (TPSA) is 103 Å². The Bertz CT molecular complexity index is 819. The quantitative estimate of drug-likeness (QED) is 0.414. The van der Waals surface area contributed by atoms with Gasteiger partial charge in [-0.2, -0.15) is 5.10 Å². The van der Waals surface area contributed by atoms with Gasteiger partial charge in [0.15, 0.2) is 5.75 Å². The van der Waals surface area contributed by atoms with E-state index in [0.29, 0.717) is 17.9 Å². The van der Waals surface area contributed by atoms with Crippen LogP contribution in [-0.4, -0.2) is 30.8 Å². The second-order valence-corrected chi connectivity index (χ2v) is 5.65. The maximum atomic E-state index is 11.9. The summed E-state index contributed by atoms with van der Waals surface area (Å²) < 4.78 is 10.4. The Morgan fingerprint density at radius 1 is 1.26 bits per heavy atom. The fourth-order valence-electron chi connectivity index (χ4n) is 2.24. The number of amides is 1. The van der Waals surface area contributed by atoms with Crippen LogP contribution in [-0.2, 0) is 11.2 Å². The molecule has 0 aliphatic carbocycles. The number of nitrogens with one attached hydrogen (secondary N) is 1. The molecule has 0 spiro atoms. The monoisotopic (exact) mass is 371 g/mol. The molecule has 0 saturated carbocycles. The van der Waals surface area contributed by atoms with Gasteiger partial charge in [-0.3, -0.25) is 14.9 Å². The molecule has 0 unspecified atom stereocenters. The minimum absolute atomic E-state index is 0.142. The third-order valence-corrected chi connectivity index (χ3v) is 3.57. The first kappa shape index (κ1) is 19.9. The number of methoxy groups -OCH3 is 1. The van der Waals surface area contributed by atoms with Crippen LogP contribution in [0.15, 0.2) is 47.6 Å². The zero-order chi connectivity index (χ0) is 19.6. The van der Waals surface area contributed by atoms with Crippen molar-refractivity contribution in [3.8, 4) is 11.5 Å². The van der Waals surface area contributed by atoms with Crippen molar-refractivity contribution in [3.05, 3.63) is 63.7 Å². The molecular weight excluding hydrogens is 350 g/mol. The molecule has 0 saturated heterocycles. The first-order valence-corrected chi connectivity index (χ1v) is 8.39. The zero-order valence-corrected chi connectivity index (χ0v) is 15.2. The van der Waals surface area contributed by atoms with Crippen molar-refractivity contribution in [2.45, 2.75) is 19.8 Å². The third-order valence-electron chi connectivity index (χ3n) is 3.57. The van der Waals surface area contributed by atoms with E-state index in [9.17, 15) is 14.9 Å². The molecule has 0 radical (unpaired) electrons. The average molecular weight is 371 g/mol. The van der Waals surface area contributed by atoms with Crippen molar-refractivity contribution in [2.24, 2.45) is 5.10 Å². The van der Waals surface area contributed by atoms with Crippen molar-refractivity contribution in [2.75, 3.05) is 13.7 Å². The summed E-state index contributed by atoms with van der Waals surface area (Å²) in [7, 11) is 1.57. The highest BCUT2D eigenvalue weighted by atomic mass is 16.6. The summed E-state index contributed by atoms with van der Waals surface area (Å²) in [5, 5.41) is 15.0. The summed E-state index contributed by atoms with van der Waals surface area (Å²) in [4.78, 5) is 22.6. The predicted molar refractivity (Wildman–Crippen MR) is 101 cm³/mol. The molecule has 27 heavy (non-hydrogen) atoms. The van der Waals surface area contributed by atoms with Crippen molar-refractivity contribution in [3.63, 3.8) is 0 Å². The van der Waals surface area contributed by atoms with E-state index < -0.39 is 4.92 Å². The molecule has 2 aromatic carbocycles. The lowest BCUT2D eigenvalue weighted by molar-refractivity contribution is -0.385. The molecular formula is C19H21N3O5. The fraction of sp³-hybridized carbons (Fsp3) is 0.263. The first-order chi connectivity index (χ1) is 13.0. The van der Waals surface area contributed by atoms with Gasteiger partial charge in [0.1, 0.15) is 5.75 Å². The highest BCUT2D eigenvalue weighted by Gasteiger charge is 2.15. The standard InChI is InChI=1S/C19H21N3O5/c1-3-10-27-18-9-6-15(11-17(18)22(24)25)13-20-21-19(23)12-14-4-7-16(26-2)8-5-14/h4-9,11,13H,3,10,12H2,1-2H3,(H,21,23)/b20-13-. The molecule has 0 aromatic heterocycles. The molecule has 0 aliphatic rings. The average Bonchev–Trinajstić information content (AvgIpc) is 2.67. The molecule has 2 aromatic rings. The number of hydrazone groups is 1. The number of hydrogen-bond acceptors (Lipinski definition) is 6. The lowest BCUT2D eigenvalue weighted by Crippen LogP contribution is -2.19. The largest absolute Gasteiger partial charge is 0.497 e. The lowest BCUT2D eigenvalue weighted by Gasteiger charge is -2.05. The molecule has 0 bridgehead atoms. The van der Waals surface area contributed by atoms with E-state index in [0.717, 1.165) is 12.0 Å². The highest BCUT2D eigenvalue weighted by Crippen LogP contribution is 2.27. The minimum Gasteiger partial charge on any atom is -0.497 e. The van der Waals surface area contributed by atoms with Gasteiger partial charge in [0.25, 0.3) is 0 Å². The number of carbonyl (C=O) groups excluding carboxylic acids is 1. The summed E-state index contributed by atoms with van der Waals surface area (Å²) in [5.41, 5.74) is 3.56. The van der Waals surface area contributed by atoms with Gasteiger partial charge in [0.05, 0.1) is 31.3 Å². The van der Waals surface area contributed by atoms with Gasteiger partial charge >= 0.3 is 5.69 Å². The number of benzene rings is 2. The van der Waals surface area contributed by atoms with Crippen LogP contribution in [0.3, 0.4) is 0 Å². The summed E-state index contributed by atoms with van der Waals surface area (Å²) in [6, 6.07) is 11.6. The van der Waals surface area contributed by atoms with E-state index in [1.807, 2.05) is 6.92 Å². The number of ether oxygens (including phenoxy) is 2. The van der Waals surface area contributed by atoms with E-state index in [2.05, 4.69) is 10.5 Å². The second-order valence-electron chi connectivity index (χ2n) is 5.65. The van der Waals surface area contributed by atoms with Gasteiger partial charge in [-0.25, -0.2) is 5.43 Å².